The Morgan fingerprint density at radius 2 is 0.960 bits per heavy atom. The fourth-order valence-electron chi connectivity index (χ4n) is 11.9. The first-order chi connectivity index (χ1) is 46.4. The van der Waals surface area contributed by atoms with Crippen molar-refractivity contribution in [3.63, 3.8) is 0 Å². The smallest absolute Gasteiger partial charge is 0.162 e. The number of aromatic nitrogens is 12. The molecule has 33 heteroatoms. The van der Waals surface area contributed by atoms with Crippen molar-refractivity contribution in [1.82, 2.24) is 59.8 Å². The molecule has 3 saturated heterocycles. The Labute approximate surface area is 675 Å². The zero-order valence-electron chi connectivity index (χ0n) is 56.4. The van der Waals surface area contributed by atoms with Crippen LogP contribution in [0.4, 0.5) is 17.5 Å². The maximum Gasteiger partial charge on any atom is 0.162 e. The van der Waals surface area contributed by atoms with E-state index in [1.807, 2.05) is 98.2 Å². The Morgan fingerprint density at radius 1 is 0.586 bits per heavy atom. The van der Waals surface area contributed by atoms with Crippen LogP contribution in [0.5, 0.6) is 0 Å². The van der Waals surface area contributed by atoms with Gasteiger partial charge in [-0.1, -0.05) is 75.2 Å². The number of ether oxygens (including phenoxy) is 3. The summed E-state index contributed by atoms with van der Waals surface area (Å²) in [5, 5.41) is 3.28. The highest BCUT2D eigenvalue weighted by atomic mass is 128. The summed E-state index contributed by atoms with van der Waals surface area (Å²) in [5.41, 5.74) is 7.24. The average Bonchev–Trinajstić information content (AvgIpc) is 1.59. The van der Waals surface area contributed by atoms with Gasteiger partial charge >= 0.3 is 0 Å². The molecule has 0 radical (unpaired) electrons. The van der Waals surface area contributed by atoms with E-state index < -0.39 is 39.8 Å². The molecule has 3 aliphatic carbocycles. The molecule has 0 spiro atoms. The molecule has 5 N–H and O–H groups in total. The van der Waals surface area contributed by atoms with E-state index >= 15 is 0 Å². The number of nitrogens with one attached hydrogen (secondary N) is 5. The zero-order valence-corrected chi connectivity index (χ0v) is 73.6. The number of aryl methyl sites for hydroxylation is 3. The van der Waals surface area contributed by atoms with Gasteiger partial charge in [-0.3, -0.25) is 13.8 Å². The Kier molecular flexibility index (Phi) is 33.4. The average molecular weight is 2160 g/mol. The number of rotatable bonds is 10. The summed E-state index contributed by atoms with van der Waals surface area (Å²) in [7, 11) is -6.32. The SMILES string of the molecule is Brc1ccnc2[nH]ccc12.C.CI.C[C@@H]1COCCN1c1cc(C2([S@](C)(=N)=O)CC2)nc(-c2ccnc3[nH]ccc23)n1.Cc1ccnc2[nH]ccc12.Cc1nc(N2CCOC[C@H]2C)cc(C2([S@@](C)=O)CC2)n1.Cc1nc(N2CCOC[C@H]2C)cc(C2([S@](C)(=N)=O)CC2)n1.I.ICI.II. The van der Waals surface area contributed by atoms with Gasteiger partial charge in [0.25, 0.3) is 0 Å². The van der Waals surface area contributed by atoms with Crippen LogP contribution < -0.4 is 14.7 Å². The van der Waals surface area contributed by atoms with E-state index in [4.69, 9.17) is 33.7 Å². The minimum Gasteiger partial charge on any atom is -0.377 e. The Bertz CT molecular complexity index is 4280. The van der Waals surface area contributed by atoms with Crippen molar-refractivity contribution in [2.75, 3.05) is 100 Å². The number of hydrogen-bond donors (Lipinski definition) is 5. The molecular formula is C66H90BrI6N17O6S3. The minimum atomic E-state index is -2.79. The first-order valence-electron chi connectivity index (χ1n) is 31.4. The highest BCUT2D eigenvalue weighted by Crippen LogP contribution is 2.54. The number of anilines is 3. The molecule has 3 saturated carbocycles. The lowest BCUT2D eigenvalue weighted by Gasteiger charge is -2.35. The maximum atomic E-state index is 12.8. The van der Waals surface area contributed by atoms with Crippen LogP contribution >= 0.6 is 145 Å². The van der Waals surface area contributed by atoms with Crippen molar-refractivity contribution in [3.05, 3.63) is 131 Å². The number of morpholine rings is 3. The van der Waals surface area contributed by atoms with Crippen molar-refractivity contribution in [2.24, 2.45) is 0 Å². The fourth-order valence-corrected chi connectivity index (χ4v) is 16.2. The van der Waals surface area contributed by atoms with Gasteiger partial charge in [-0.25, -0.2) is 53.3 Å². The highest BCUT2D eigenvalue weighted by Gasteiger charge is 2.54. The second-order valence-corrected chi connectivity index (χ2v) is 36.3. The number of pyridine rings is 3. The van der Waals surface area contributed by atoms with Crippen LogP contribution in [0.25, 0.3) is 44.5 Å². The van der Waals surface area contributed by atoms with E-state index in [9.17, 15) is 12.6 Å². The molecule has 9 aromatic rings. The summed E-state index contributed by atoms with van der Waals surface area (Å²) in [6.07, 6.45) is 20.7. The van der Waals surface area contributed by atoms with Crippen LogP contribution in [0, 0.1) is 30.3 Å². The molecule has 542 valence electrons. The fraction of sp³-hybridized carbons (Fsp3) is 0.500. The molecule has 6 aliphatic rings. The lowest BCUT2D eigenvalue weighted by molar-refractivity contribution is 0.0984. The van der Waals surface area contributed by atoms with E-state index in [1.165, 1.54) is 25.9 Å². The second kappa shape index (κ2) is 38.7. The highest BCUT2D eigenvalue weighted by molar-refractivity contribution is 15.0. The van der Waals surface area contributed by atoms with Crippen molar-refractivity contribution in [3.8, 4) is 11.4 Å². The van der Waals surface area contributed by atoms with Crippen LogP contribution in [0.2, 0.25) is 0 Å². The predicted molar refractivity (Wildman–Crippen MR) is 462 cm³/mol. The Balaban J connectivity index is 0.000000198. The van der Waals surface area contributed by atoms with Gasteiger partial charge in [0, 0.05) is 168 Å². The lowest BCUT2D eigenvalue weighted by Crippen LogP contribution is -2.44. The molecule has 0 amide bonds. The third kappa shape index (κ3) is 21.0. The zero-order chi connectivity index (χ0) is 70.5. The number of halogens is 7. The maximum absolute atomic E-state index is 12.8. The molecule has 3 aliphatic heterocycles. The number of fused-ring (bicyclic) bond motifs is 3. The van der Waals surface area contributed by atoms with Gasteiger partial charge in [0.15, 0.2) is 5.82 Å². The van der Waals surface area contributed by atoms with Gasteiger partial charge in [0.05, 0.1) is 111 Å². The van der Waals surface area contributed by atoms with E-state index in [1.54, 1.807) is 18.6 Å². The first-order valence-corrected chi connectivity index (χ1v) is 49.2. The summed E-state index contributed by atoms with van der Waals surface area (Å²) in [6.45, 7) is 18.7. The Morgan fingerprint density at radius 3 is 1.36 bits per heavy atom. The topological polar surface area (TPSA) is 300 Å². The number of aromatic amines is 3. The van der Waals surface area contributed by atoms with Crippen LogP contribution in [-0.2, 0) is 58.7 Å². The molecular weight excluding hydrogens is 2060 g/mol. The molecule has 99 heavy (non-hydrogen) atoms. The van der Waals surface area contributed by atoms with Gasteiger partial charge in [-0.05, 0) is 143 Å². The first kappa shape index (κ1) is 85.4. The van der Waals surface area contributed by atoms with E-state index in [-0.39, 0.29) is 48.2 Å². The van der Waals surface area contributed by atoms with E-state index in [2.05, 4.69) is 213 Å². The van der Waals surface area contributed by atoms with Crippen LogP contribution in [0.15, 0.2) is 96.3 Å². The van der Waals surface area contributed by atoms with Gasteiger partial charge in [-0.2, -0.15) is 0 Å². The van der Waals surface area contributed by atoms with Crippen molar-refractivity contribution in [2.45, 2.75) is 120 Å². The monoisotopic (exact) mass is 2150 g/mol. The molecule has 6 atom stereocenters. The van der Waals surface area contributed by atoms with Crippen LogP contribution in [0.1, 0.15) is 101 Å². The molecule has 12 heterocycles. The van der Waals surface area contributed by atoms with Gasteiger partial charge < -0.3 is 43.9 Å². The van der Waals surface area contributed by atoms with E-state index in [0.717, 1.165) is 144 Å². The summed E-state index contributed by atoms with van der Waals surface area (Å²) >= 11 is 14.4. The molecule has 23 nitrogen and oxygen atoms in total. The number of alkyl halides is 3. The summed E-state index contributed by atoms with van der Waals surface area (Å²) < 4.78 is 70.7. The number of H-pyrrole nitrogens is 3. The summed E-state index contributed by atoms with van der Waals surface area (Å²) in [4.78, 5) is 58.3. The second-order valence-electron chi connectivity index (χ2n) is 24.3. The normalized spacial score (nSPS) is 20.3. The minimum absolute atomic E-state index is 0. The summed E-state index contributed by atoms with van der Waals surface area (Å²) in [6, 6.07) is 18.5. The van der Waals surface area contributed by atoms with Crippen LogP contribution in [0.3, 0.4) is 0 Å². The predicted octanol–water partition coefficient (Wildman–Crippen LogP) is 16.1. The standard InChI is InChI=1S/C20H24N6O2S.C14H22N4O2S.C14H21N3O2S.C8H8N2.C7H5BrN2.CH2I2.CH3I.CH4.I2.HI/c1-13-12-28-10-9-26(13)17-11-16(20(5-6-20)29(2,21)27)24-19(25-17)15-4-8-23-18-14(15)3-7-22-18;1-10-9-20-7-6-18(10)13-8-12(16-11(2)17-13)14(4-5-14)21(3,15)19;1-10-9-19-7-6-17(10)13-8-12(15-11(2)16-13)14(4-5-14)20(3)18;1-6-2-4-9-8-7(6)3-5-10-8;8-6-2-4-10-7-5(6)1-3-9-7;2-1-3;1-2;;1-2;/h3-4,7-8,11,13,21H,5-6,9-10,12H2,1-2H3,(H,22,23);8,10,15H,4-7,9H2,1-3H3;8,10H,4-7,9H2,1-3H3;2-5H,1H3,(H,9,10);1-4H,(H,9,10);1H2;1H3;1H4;;1H/t13-,29-;10-,21-;10-,20-;;;;;;;/m111......./s1. The quantitative estimate of drug-likeness (QED) is 0.0628. The van der Waals surface area contributed by atoms with Crippen molar-refractivity contribution >= 4 is 226 Å². The van der Waals surface area contributed by atoms with Crippen molar-refractivity contribution < 1.29 is 26.8 Å². The largest absolute Gasteiger partial charge is 0.377 e. The van der Waals surface area contributed by atoms with Gasteiger partial charge in [-0.15, -0.1) is 24.0 Å². The third-order valence-corrected chi connectivity index (χ3v) is 24.3. The van der Waals surface area contributed by atoms with Gasteiger partial charge in [0.1, 0.15) is 46.0 Å². The number of nitrogens with zero attached hydrogens (tertiary/aromatic N) is 12. The van der Waals surface area contributed by atoms with Crippen LogP contribution in [-0.4, -0.2) is 176 Å². The molecule has 9 aromatic heterocycles. The van der Waals surface area contributed by atoms with Gasteiger partial charge in [0.2, 0.25) is 0 Å². The molecule has 15 rings (SSSR count). The molecule has 0 unspecified atom stereocenters. The Hall–Kier alpha value is -2.50. The summed E-state index contributed by atoms with van der Waals surface area (Å²) in [5.74, 6) is 4.63. The number of hydrogen-bond acceptors (Lipinski definition) is 20. The molecule has 0 bridgehead atoms. The van der Waals surface area contributed by atoms with E-state index in [0.29, 0.717) is 49.8 Å². The van der Waals surface area contributed by atoms with Crippen molar-refractivity contribution in [1.29, 1.82) is 9.56 Å². The molecule has 0 aromatic carbocycles. The lowest BCUT2D eigenvalue weighted by atomic mass is 10.1. The third-order valence-electron chi connectivity index (χ3n) is 17.7. The molecule has 6 fully saturated rings.